The highest BCUT2D eigenvalue weighted by atomic mass is 35.5. The number of hydrogen-bond donors (Lipinski definition) is 1. The molecule has 136 valence electrons. The summed E-state index contributed by atoms with van der Waals surface area (Å²) in [6.45, 7) is 6.50. The number of halogens is 2. The van der Waals surface area contributed by atoms with E-state index < -0.39 is 0 Å². The highest BCUT2D eigenvalue weighted by Crippen LogP contribution is 2.32. The monoisotopic (exact) mass is 381 g/mol. The first-order chi connectivity index (χ1) is 12.0. The van der Waals surface area contributed by atoms with Gasteiger partial charge in [-0.15, -0.1) is 0 Å². The number of para-hydroxylation sites is 1. The maximum atomic E-state index is 6.23. The second kappa shape index (κ2) is 9.91. The van der Waals surface area contributed by atoms with Gasteiger partial charge in [0.25, 0.3) is 0 Å². The number of nitrogens with one attached hydrogen (secondary N) is 1. The quantitative estimate of drug-likeness (QED) is 0.563. The van der Waals surface area contributed by atoms with Crippen molar-refractivity contribution in [2.45, 2.75) is 33.4 Å². The molecule has 2 aromatic carbocycles. The highest BCUT2D eigenvalue weighted by molar-refractivity contribution is 6.35. The van der Waals surface area contributed by atoms with E-state index in [9.17, 15) is 0 Å². The lowest BCUT2D eigenvalue weighted by Gasteiger charge is -2.16. The molecular weight excluding hydrogens is 357 g/mol. The van der Waals surface area contributed by atoms with E-state index in [0.29, 0.717) is 28.3 Å². The molecule has 0 amide bonds. The van der Waals surface area contributed by atoms with E-state index in [2.05, 4.69) is 19.2 Å². The third kappa shape index (κ3) is 6.10. The van der Waals surface area contributed by atoms with Crippen molar-refractivity contribution in [3.8, 4) is 11.5 Å². The Balaban J connectivity index is 2.09. The number of rotatable bonds is 9. The normalized spacial score (nSPS) is 11.0. The Bertz CT molecular complexity index is 689. The van der Waals surface area contributed by atoms with Crippen molar-refractivity contribution in [1.29, 1.82) is 0 Å². The van der Waals surface area contributed by atoms with Gasteiger partial charge in [-0.3, -0.25) is 0 Å². The Morgan fingerprint density at radius 1 is 1.08 bits per heavy atom. The standard InChI is InChI=1S/C20H25Cl2NO2/c1-14(2)9-10-23-12-15-5-4-6-19(24-3)20(15)25-13-16-7-8-17(21)11-18(16)22/h4-8,11,14,23H,9-10,12-13H2,1-3H3. The second-order valence-corrected chi connectivity index (χ2v) is 7.18. The summed E-state index contributed by atoms with van der Waals surface area (Å²) in [7, 11) is 1.65. The van der Waals surface area contributed by atoms with Crippen LogP contribution in [-0.2, 0) is 13.2 Å². The van der Waals surface area contributed by atoms with Crippen molar-refractivity contribution < 1.29 is 9.47 Å². The van der Waals surface area contributed by atoms with E-state index >= 15 is 0 Å². The molecule has 0 fully saturated rings. The highest BCUT2D eigenvalue weighted by Gasteiger charge is 2.12. The van der Waals surface area contributed by atoms with Crippen molar-refractivity contribution in [2.75, 3.05) is 13.7 Å². The van der Waals surface area contributed by atoms with E-state index in [1.165, 1.54) is 0 Å². The fraction of sp³-hybridized carbons (Fsp3) is 0.400. The predicted octanol–water partition coefficient (Wildman–Crippen LogP) is 5.72. The maximum Gasteiger partial charge on any atom is 0.166 e. The molecule has 0 aromatic heterocycles. The third-order valence-electron chi connectivity index (χ3n) is 3.88. The van der Waals surface area contributed by atoms with Gasteiger partial charge in [0.05, 0.1) is 7.11 Å². The first-order valence-electron chi connectivity index (χ1n) is 8.44. The molecule has 0 atom stereocenters. The number of ether oxygens (including phenoxy) is 2. The number of hydrogen-bond acceptors (Lipinski definition) is 3. The van der Waals surface area contributed by atoms with Crippen LogP contribution in [0.4, 0.5) is 0 Å². The van der Waals surface area contributed by atoms with Gasteiger partial charge in [0.2, 0.25) is 0 Å². The lowest BCUT2D eigenvalue weighted by atomic mass is 10.1. The lowest BCUT2D eigenvalue weighted by molar-refractivity contribution is 0.280. The van der Waals surface area contributed by atoms with E-state index in [1.54, 1.807) is 13.2 Å². The molecule has 0 radical (unpaired) electrons. The van der Waals surface area contributed by atoms with Gasteiger partial charge in [-0.1, -0.05) is 55.2 Å². The largest absolute Gasteiger partial charge is 0.493 e. The van der Waals surface area contributed by atoms with Crippen LogP contribution in [0.15, 0.2) is 36.4 Å². The van der Waals surface area contributed by atoms with Crippen LogP contribution in [-0.4, -0.2) is 13.7 Å². The fourth-order valence-electron chi connectivity index (χ4n) is 2.43. The molecule has 2 rings (SSSR count). The zero-order chi connectivity index (χ0) is 18.2. The predicted molar refractivity (Wildman–Crippen MR) is 105 cm³/mol. The third-order valence-corrected chi connectivity index (χ3v) is 4.47. The van der Waals surface area contributed by atoms with Crippen LogP contribution in [0.2, 0.25) is 10.0 Å². The molecule has 5 heteroatoms. The average Bonchev–Trinajstić information content (AvgIpc) is 2.58. The van der Waals surface area contributed by atoms with Crippen molar-refractivity contribution in [1.82, 2.24) is 5.32 Å². The minimum absolute atomic E-state index is 0.357. The maximum absolute atomic E-state index is 6.23. The average molecular weight is 382 g/mol. The van der Waals surface area contributed by atoms with Gasteiger partial charge in [0.15, 0.2) is 11.5 Å². The Hall–Kier alpha value is -1.42. The van der Waals surface area contributed by atoms with Gasteiger partial charge in [-0.25, -0.2) is 0 Å². The molecule has 0 bridgehead atoms. The van der Waals surface area contributed by atoms with Gasteiger partial charge < -0.3 is 14.8 Å². The number of methoxy groups -OCH3 is 1. The Kier molecular flexibility index (Phi) is 7.89. The minimum Gasteiger partial charge on any atom is -0.493 e. The summed E-state index contributed by atoms with van der Waals surface area (Å²) in [4.78, 5) is 0. The smallest absolute Gasteiger partial charge is 0.166 e. The summed E-state index contributed by atoms with van der Waals surface area (Å²) in [6.07, 6.45) is 1.14. The van der Waals surface area contributed by atoms with Crippen molar-refractivity contribution >= 4 is 23.2 Å². The molecule has 25 heavy (non-hydrogen) atoms. The van der Waals surface area contributed by atoms with E-state index in [0.717, 1.165) is 36.4 Å². The SMILES string of the molecule is COc1cccc(CNCCC(C)C)c1OCc1ccc(Cl)cc1Cl. The Morgan fingerprint density at radius 3 is 2.56 bits per heavy atom. The summed E-state index contributed by atoms with van der Waals surface area (Å²) in [5, 5.41) is 4.67. The van der Waals surface area contributed by atoms with Crippen LogP contribution in [0, 0.1) is 5.92 Å². The molecule has 0 aliphatic heterocycles. The molecule has 0 spiro atoms. The fourth-order valence-corrected chi connectivity index (χ4v) is 2.89. The molecule has 3 nitrogen and oxygen atoms in total. The van der Waals surface area contributed by atoms with Crippen LogP contribution in [0.5, 0.6) is 11.5 Å². The molecule has 0 unspecified atom stereocenters. The molecule has 1 N–H and O–H groups in total. The summed E-state index contributed by atoms with van der Waals surface area (Å²) in [6, 6.07) is 11.3. The molecule has 0 saturated carbocycles. The Morgan fingerprint density at radius 2 is 1.88 bits per heavy atom. The van der Waals surface area contributed by atoms with Crippen molar-refractivity contribution in [2.24, 2.45) is 5.92 Å². The van der Waals surface area contributed by atoms with E-state index in [4.69, 9.17) is 32.7 Å². The molecular formula is C20H25Cl2NO2. The molecule has 0 heterocycles. The number of benzene rings is 2. The van der Waals surface area contributed by atoms with Gasteiger partial charge in [-0.2, -0.15) is 0 Å². The molecule has 2 aromatic rings. The van der Waals surface area contributed by atoms with Gasteiger partial charge in [0.1, 0.15) is 6.61 Å². The van der Waals surface area contributed by atoms with Crippen molar-refractivity contribution in [3.63, 3.8) is 0 Å². The topological polar surface area (TPSA) is 30.5 Å². The van der Waals surface area contributed by atoms with Gasteiger partial charge in [0, 0.05) is 27.7 Å². The van der Waals surface area contributed by atoms with Crippen LogP contribution in [0.1, 0.15) is 31.4 Å². The van der Waals surface area contributed by atoms with E-state index in [-0.39, 0.29) is 0 Å². The van der Waals surface area contributed by atoms with E-state index in [1.807, 2.05) is 30.3 Å². The van der Waals surface area contributed by atoms with Gasteiger partial charge >= 0.3 is 0 Å². The van der Waals surface area contributed by atoms with Crippen molar-refractivity contribution in [3.05, 3.63) is 57.6 Å². The molecule has 0 aliphatic carbocycles. The minimum atomic E-state index is 0.357. The second-order valence-electron chi connectivity index (χ2n) is 6.33. The van der Waals surface area contributed by atoms with Crippen LogP contribution < -0.4 is 14.8 Å². The summed E-state index contributed by atoms with van der Waals surface area (Å²) >= 11 is 12.2. The zero-order valence-electron chi connectivity index (χ0n) is 14.9. The summed E-state index contributed by atoms with van der Waals surface area (Å²) in [5.74, 6) is 2.14. The zero-order valence-corrected chi connectivity index (χ0v) is 16.5. The summed E-state index contributed by atoms with van der Waals surface area (Å²) < 4.78 is 11.5. The first kappa shape index (κ1) is 19.9. The lowest BCUT2D eigenvalue weighted by Crippen LogP contribution is -2.17. The van der Waals surface area contributed by atoms with Crippen LogP contribution >= 0.6 is 23.2 Å². The van der Waals surface area contributed by atoms with Crippen LogP contribution in [0.3, 0.4) is 0 Å². The first-order valence-corrected chi connectivity index (χ1v) is 9.20. The Labute approximate surface area is 160 Å². The summed E-state index contributed by atoms with van der Waals surface area (Å²) in [5.41, 5.74) is 1.95. The van der Waals surface area contributed by atoms with Crippen LogP contribution in [0.25, 0.3) is 0 Å². The molecule has 0 saturated heterocycles. The van der Waals surface area contributed by atoms with Gasteiger partial charge in [-0.05, 0) is 37.1 Å². The molecule has 0 aliphatic rings.